The van der Waals surface area contributed by atoms with Gasteiger partial charge in [-0.15, -0.1) is 0 Å². The van der Waals surface area contributed by atoms with Crippen molar-refractivity contribution in [3.05, 3.63) is 75.3 Å². The standard InChI is InChI=1S/C23H26F2N4O5/c1-3-4-20(26)23(32)28(13-15-5-7-19(8-6-15)29(33)34)22(31)14(2)27-21(30)11-16-9-17(24)12-18(25)10-16/h5-10,12,14,20H,3-4,11,13,26H2,1-2H3,(H,27,30)/t14-,20?/m0/s1. The number of nitrogens with two attached hydrogens (primary N) is 1. The highest BCUT2D eigenvalue weighted by molar-refractivity contribution is 6.01. The van der Waals surface area contributed by atoms with Crippen LogP contribution in [0.3, 0.4) is 0 Å². The molecule has 2 aromatic carbocycles. The molecular weight excluding hydrogens is 450 g/mol. The highest BCUT2D eigenvalue weighted by atomic mass is 19.1. The molecule has 1 unspecified atom stereocenters. The number of hydrogen-bond donors (Lipinski definition) is 2. The highest BCUT2D eigenvalue weighted by Crippen LogP contribution is 2.15. The number of carbonyl (C=O) groups excluding carboxylic acids is 3. The Hall–Kier alpha value is -3.73. The van der Waals surface area contributed by atoms with E-state index in [9.17, 15) is 33.3 Å². The minimum Gasteiger partial charge on any atom is -0.344 e. The van der Waals surface area contributed by atoms with Crippen molar-refractivity contribution in [1.82, 2.24) is 10.2 Å². The van der Waals surface area contributed by atoms with Crippen molar-refractivity contribution in [3.63, 3.8) is 0 Å². The molecule has 3 N–H and O–H groups in total. The number of nitro benzene ring substituents is 1. The molecule has 0 radical (unpaired) electrons. The SMILES string of the molecule is CCCC(N)C(=O)N(Cc1ccc([N+](=O)[O-])cc1)C(=O)[C@H](C)NC(=O)Cc1cc(F)cc(F)c1. The second kappa shape index (κ2) is 11.9. The van der Waals surface area contributed by atoms with Gasteiger partial charge in [0.1, 0.15) is 17.7 Å². The van der Waals surface area contributed by atoms with Gasteiger partial charge in [-0.25, -0.2) is 8.78 Å². The molecule has 0 spiro atoms. The first-order valence-corrected chi connectivity index (χ1v) is 10.6. The molecule has 0 fully saturated rings. The number of non-ortho nitro benzene ring substituents is 1. The van der Waals surface area contributed by atoms with Gasteiger partial charge in [-0.2, -0.15) is 0 Å². The number of nitro groups is 1. The summed E-state index contributed by atoms with van der Waals surface area (Å²) in [5.74, 6) is -3.74. The van der Waals surface area contributed by atoms with Crippen LogP contribution in [0.15, 0.2) is 42.5 Å². The second-order valence-corrected chi connectivity index (χ2v) is 7.83. The van der Waals surface area contributed by atoms with Gasteiger partial charge in [0, 0.05) is 18.2 Å². The molecule has 0 aliphatic rings. The highest BCUT2D eigenvalue weighted by Gasteiger charge is 2.30. The lowest BCUT2D eigenvalue weighted by Crippen LogP contribution is -2.53. The Morgan fingerprint density at radius 1 is 1.06 bits per heavy atom. The molecule has 0 aromatic heterocycles. The third-order valence-corrected chi connectivity index (χ3v) is 4.97. The first kappa shape index (κ1) is 26.5. The van der Waals surface area contributed by atoms with Crippen LogP contribution < -0.4 is 11.1 Å². The molecule has 2 rings (SSSR count). The molecule has 0 saturated carbocycles. The van der Waals surface area contributed by atoms with Gasteiger partial charge in [-0.05, 0) is 36.6 Å². The average Bonchev–Trinajstić information content (AvgIpc) is 2.76. The Labute approximate surface area is 195 Å². The molecule has 0 heterocycles. The van der Waals surface area contributed by atoms with Crippen molar-refractivity contribution in [2.75, 3.05) is 0 Å². The van der Waals surface area contributed by atoms with Gasteiger partial charge in [0.05, 0.1) is 23.9 Å². The van der Waals surface area contributed by atoms with Crippen LogP contribution in [0, 0.1) is 21.7 Å². The molecule has 182 valence electrons. The van der Waals surface area contributed by atoms with Gasteiger partial charge in [0.15, 0.2) is 0 Å². The van der Waals surface area contributed by atoms with Crippen molar-refractivity contribution < 1.29 is 28.1 Å². The smallest absolute Gasteiger partial charge is 0.269 e. The molecule has 11 heteroatoms. The zero-order valence-electron chi connectivity index (χ0n) is 18.8. The largest absolute Gasteiger partial charge is 0.344 e. The summed E-state index contributed by atoms with van der Waals surface area (Å²) in [5, 5.41) is 13.3. The van der Waals surface area contributed by atoms with Crippen molar-refractivity contribution >= 4 is 23.4 Å². The molecule has 3 amide bonds. The van der Waals surface area contributed by atoms with Gasteiger partial charge < -0.3 is 11.1 Å². The Balaban J connectivity index is 2.17. The molecule has 0 aliphatic carbocycles. The number of carbonyl (C=O) groups is 3. The maximum absolute atomic E-state index is 13.4. The summed E-state index contributed by atoms with van der Waals surface area (Å²) < 4.78 is 26.7. The molecule has 2 atom stereocenters. The third-order valence-electron chi connectivity index (χ3n) is 4.97. The molecular formula is C23H26F2N4O5. The van der Waals surface area contributed by atoms with Gasteiger partial charge in [-0.3, -0.25) is 29.4 Å². The van der Waals surface area contributed by atoms with Gasteiger partial charge >= 0.3 is 0 Å². The summed E-state index contributed by atoms with van der Waals surface area (Å²) in [6.07, 6.45) is 0.551. The van der Waals surface area contributed by atoms with E-state index in [0.717, 1.165) is 17.0 Å². The fourth-order valence-corrected chi connectivity index (χ4v) is 3.29. The van der Waals surface area contributed by atoms with Crippen LogP contribution in [-0.4, -0.2) is 39.6 Å². The third kappa shape index (κ3) is 7.41. The zero-order chi connectivity index (χ0) is 25.4. The number of hydrogen-bond acceptors (Lipinski definition) is 6. The Morgan fingerprint density at radius 3 is 2.18 bits per heavy atom. The molecule has 9 nitrogen and oxygen atoms in total. The summed E-state index contributed by atoms with van der Waals surface area (Å²) >= 11 is 0. The Kier molecular flexibility index (Phi) is 9.31. The van der Waals surface area contributed by atoms with E-state index < -0.39 is 46.4 Å². The second-order valence-electron chi connectivity index (χ2n) is 7.83. The lowest BCUT2D eigenvalue weighted by Gasteiger charge is -2.27. The van der Waals surface area contributed by atoms with E-state index in [4.69, 9.17) is 5.73 Å². The number of nitrogens with one attached hydrogen (secondary N) is 1. The maximum atomic E-state index is 13.4. The summed E-state index contributed by atoms with van der Waals surface area (Å²) in [4.78, 5) is 49.5. The predicted molar refractivity (Wildman–Crippen MR) is 119 cm³/mol. The first-order valence-electron chi connectivity index (χ1n) is 10.6. The fourth-order valence-electron chi connectivity index (χ4n) is 3.29. The van der Waals surface area contributed by atoms with Crippen LogP contribution in [-0.2, 0) is 27.3 Å². The summed E-state index contributed by atoms with van der Waals surface area (Å²) in [6.45, 7) is 2.99. The number of nitrogens with zero attached hydrogens (tertiary/aromatic N) is 2. The summed E-state index contributed by atoms with van der Waals surface area (Å²) in [6, 6.07) is 5.90. The van der Waals surface area contributed by atoms with Gasteiger partial charge in [-0.1, -0.05) is 25.5 Å². The van der Waals surface area contributed by atoms with Gasteiger partial charge in [0.2, 0.25) is 11.8 Å². The Morgan fingerprint density at radius 2 is 1.65 bits per heavy atom. The maximum Gasteiger partial charge on any atom is 0.269 e. The van der Waals surface area contributed by atoms with E-state index in [1.165, 1.54) is 31.2 Å². The fraction of sp³-hybridized carbons (Fsp3) is 0.348. The van der Waals surface area contributed by atoms with E-state index in [2.05, 4.69) is 5.32 Å². The zero-order valence-corrected chi connectivity index (χ0v) is 18.8. The minimum absolute atomic E-state index is 0.0819. The molecule has 34 heavy (non-hydrogen) atoms. The number of imide groups is 1. The number of benzene rings is 2. The van der Waals surface area contributed by atoms with E-state index in [1.807, 2.05) is 6.92 Å². The predicted octanol–water partition coefficient (Wildman–Crippen LogP) is 2.60. The van der Waals surface area contributed by atoms with Crippen LogP contribution in [0.1, 0.15) is 37.8 Å². The molecule has 2 aromatic rings. The summed E-state index contributed by atoms with van der Waals surface area (Å²) in [5.41, 5.74) is 6.31. The summed E-state index contributed by atoms with van der Waals surface area (Å²) in [7, 11) is 0. The van der Waals surface area contributed by atoms with Crippen molar-refractivity contribution in [1.29, 1.82) is 0 Å². The number of amides is 3. The van der Waals surface area contributed by atoms with Crippen molar-refractivity contribution in [3.8, 4) is 0 Å². The van der Waals surface area contributed by atoms with E-state index in [1.54, 1.807) is 0 Å². The van der Waals surface area contributed by atoms with Gasteiger partial charge in [0.25, 0.3) is 11.6 Å². The lowest BCUT2D eigenvalue weighted by molar-refractivity contribution is -0.384. The minimum atomic E-state index is -1.15. The van der Waals surface area contributed by atoms with Crippen molar-refractivity contribution in [2.24, 2.45) is 5.73 Å². The normalized spacial score (nSPS) is 12.5. The molecule has 0 saturated heterocycles. The first-order chi connectivity index (χ1) is 16.0. The van der Waals surface area contributed by atoms with Crippen LogP contribution in [0.2, 0.25) is 0 Å². The van der Waals surface area contributed by atoms with E-state index in [0.29, 0.717) is 24.5 Å². The Bertz CT molecular complexity index is 1040. The van der Waals surface area contributed by atoms with Crippen LogP contribution in [0.5, 0.6) is 0 Å². The van der Waals surface area contributed by atoms with E-state index >= 15 is 0 Å². The lowest BCUT2D eigenvalue weighted by atomic mass is 10.1. The van der Waals surface area contributed by atoms with E-state index in [-0.39, 0.29) is 24.2 Å². The number of halogens is 2. The monoisotopic (exact) mass is 476 g/mol. The van der Waals surface area contributed by atoms with Crippen LogP contribution >= 0.6 is 0 Å². The molecule has 0 bridgehead atoms. The average molecular weight is 476 g/mol. The quantitative estimate of drug-likeness (QED) is 0.400. The molecule has 0 aliphatic heterocycles. The topological polar surface area (TPSA) is 136 Å². The van der Waals surface area contributed by atoms with Crippen LogP contribution in [0.25, 0.3) is 0 Å². The van der Waals surface area contributed by atoms with Crippen LogP contribution in [0.4, 0.5) is 14.5 Å². The van der Waals surface area contributed by atoms with Crippen molar-refractivity contribution in [2.45, 2.75) is 51.7 Å². The number of rotatable bonds is 10.